The molecule has 2 aliphatic heterocycles. The number of hydrogen-bond donors (Lipinski definition) is 2. The Labute approximate surface area is 168 Å². The first-order valence-corrected chi connectivity index (χ1v) is 9.82. The number of esters is 1. The number of ether oxygens (including phenoxy) is 1. The molecule has 1 amide bonds. The van der Waals surface area contributed by atoms with E-state index in [2.05, 4.69) is 10.2 Å². The van der Waals surface area contributed by atoms with Crippen LogP contribution in [0, 0.1) is 5.82 Å². The standard InChI is InChI=1S/C22H23FN2O4/c23-18-8-4-7-16-17(18)12-20(29-22(16)28)21(27)24-13-19(25-9-1-2-10-25)14-5-3-6-15(26)11-14/h3-8,11,19-20,26H,1-2,9-10,12-13H2,(H,24,27). The zero-order chi connectivity index (χ0) is 20.4. The summed E-state index contributed by atoms with van der Waals surface area (Å²) in [7, 11) is 0. The highest BCUT2D eigenvalue weighted by Gasteiger charge is 2.33. The maximum absolute atomic E-state index is 14.1. The Morgan fingerprint density at radius 1 is 1.24 bits per heavy atom. The Kier molecular flexibility index (Phi) is 5.49. The molecule has 2 atom stereocenters. The molecular weight excluding hydrogens is 375 g/mol. The lowest BCUT2D eigenvalue weighted by Gasteiger charge is -2.30. The number of rotatable bonds is 5. The van der Waals surface area contributed by atoms with Crippen molar-refractivity contribution in [3.8, 4) is 5.75 Å². The molecule has 0 bridgehead atoms. The van der Waals surface area contributed by atoms with Crippen LogP contribution in [0.3, 0.4) is 0 Å². The van der Waals surface area contributed by atoms with E-state index in [0.717, 1.165) is 31.5 Å². The number of carbonyl (C=O) groups is 2. The monoisotopic (exact) mass is 398 g/mol. The van der Waals surface area contributed by atoms with Crippen LogP contribution < -0.4 is 5.32 Å². The minimum absolute atomic E-state index is 0.0140. The van der Waals surface area contributed by atoms with Gasteiger partial charge in [0.05, 0.1) is 11.6 Å². The van der Waals surface area contributed by atoms with Crippen molar-refractivity contribution in [3.05, 3.63) is 65.0 Å². The first kappa shape index (κ1) is 19.4. The Hall–Kier alpha value is -2.93. The average molecular weight is 398 g/mol. The number of halogens is 1. The van der Waals surface area contributed by atoms with Gasteiger partial charge in [-0.05, 0) is 55.8 Å². The third-order valence-electron chi connectivity index (χ3n) is 5.58. The molecule has 6 nitrogen and oxygen atoms in total. The van der Waals surface area contributed by atoms with Gasteiger partial charge in [0, 0.05) is 18.5 Å². The number of benzene rings is 2. The molecule has 152 valence electrons. The van der Waals surface area contributed by atoms with Crippen molar-refractivity contribution in [3.63, 3.8) is 0 Å². The van der Waals surface area contributed by atoms with E-state index < -0.39 is 23.8 Å². The average Bonchev–Trinajstić information content (AvgIpc) is 3.23. The third-order valence-corrected chi connectivity index (χ3v) is 5.58. The summed E-state index contributed by atoms with van der Waals surface area (Å²) >= 11 is 0. The van der Waals surface area contributed by atoms with E-state index >= 15 is 0 Å². The van der Waals surface area contributed by atoms with Crippen LogP contribution in [0.15, 0.2) is 42.5 Å². The number of aromatic hydroxyl groups is 1. The van der Waals surface area contributed by atoms with Gasteiger partial charge in [0.2, 0.25) is 0 Å². The fourth-order valence-corrected chi connectivity index (χ4v) is 4.08. The SMILES string of the molecule is O=C1OC(C(=O)NCC(c2cccc(O)c2)N2CCCC2)Cc2c(F)cccc21. The van der Waals surface area contributed by atoms with E-state index in [-0.39, 0.29) is 29.3 Å². The van der Waals surface area contributed by atoms with Crippen molar-refractivity contribution in [1.82, 2.24) is 10.2 Å². The number of hydrogen-bond acceptors (Lipinski definition) is 5. The number of nitrogens with one attached hydrogen (secondary N) is 1. The fourth-order valence-electron chi connectivity index (χ4n) is 4.08. The van der Waals surface area contributed by atoms with Gasteiger partial charge in [-0.2, -0.15) is 0 Å². The normalized spacial score (nSPS) is 20.0. The number of fused-ring (bicyclic) bond motifs is 1. The summed E-state index contributed by atoms with van der Waals surface area (Å²) in [6.07, 6.45) is 1.12. The molecule has 0 spiro atoms. The highest BCUT2D eigenvalue weighted by atomic mass is 19.1. The van der Waals surface area contributed by atoms with Crippen LogP contribution >= 0.6 is 0 Å². The van der Waals surface area contributed by atoms with Gasteiger partial charge in [0.15, 0.2) is 6.10 Å². The quantitative estimate of drug-likeness (QED) is 0.757. The fraction of sp³-hybridized carbons (Fsp3) is 0.364. The molecule has 2 aliphatic rings. The molecule has 2 aromatic rings. The second-order valence-corrected chi connectivity index (χ2v) is 7.46. The lowest BCUT2D eigenvalue weighted by atomic mass is 9.97. The smallest absolute Gasteiger partial charge is 0.339 e. The van der Waals surface area contributed by atoms with Crippen molar-refractivity contribution >= 4 is 11.9 Å². The van der Waals surface area contributed by atoms with Crippen LogP contribution in [0.2, 0.25) is 0 Å². The Morgan fingerprint density at radius 2 is 2.00 bits per heavy atom. The molecule has 0 aliphatic carbocycles. The van der Waals surface area contributed by atoms with Crippen molar-refractivity contribution < 1.29 is 23.8 Å². The maximum atomic E-state index is 14.1. The van der Waals surface area contributed by atoms with Crippen LogP contribution in [0.4, 0.5) is 4.39 Å². The molecule has 29 heavy (non-hydrogen) atoms. The van der Waals surface area contributed by atoms with Crippen LogP contribution in [-0.4, -0.2) is 47.6 Å². The molecule has 2 unspecified atom stereocenters. The number of carbonyl (C=O) groups excluding carboxylic acids is 2. The molecule has 7 heteroatoms. The summed E-state index contributed by atoms with van der Waals surface area (Å²) in [5, 5.41) is 12.7. The molecule has 2 aromatic carbocycles. The molecule has 0 aromatic heterocycles. The molecule has 2 heterocycles. The van der Waals surface area contributed by atoms with Gasteiger partial charge < -0.3 is 15.2 Å². The van der Waals surface area contributed by atoms with Crippen LogP contribution in [0.5, 0.6) is 5.75 Å². The summed E-state index contributed by atoms with van der Waals surface area (Å²) in [4.78, 5) is 27.1. The van der Waals surface area contributed by atoms with E-state index in [9.17, 15) is 19.1 Å². The lowest BCUT2D eigenvalue weighted by Crippen LogP contribution is -2.45. The summed E-state index contributed by atoms with van der Waals surface area (Å²) in [6, 6.07) is 11.1. The topological polar surface area (TPSA) is 78.9 Å². The zero-order valence-corrected chi connectivity index (χ0v) is 15.9. The van der Waals surface area contributed by atoms with Gasteiger partial charge >= 0.3 is 5.97 Å². The third kappa shape index (κ3) is 4.10. The largest absolute Gasteiger partial charge is 0.508 e. The van der Waals surface area contributed by atoms with E-state index in [1.54, 1.807) is 18.2 Å². The first-order valence-electron chi connectivity index (χ1n) is 9.82. The van der Waals surface area contributed by atoms with E-state index in [0.29, 0.717) is 6.54 Å². The molecule has 0 saturated carbocycles. The Morgan fingerprint density at radius 3 is 2.76 bits per heavy atom. The van der Waals surface area contributed by atoms with Gasteiger partial charge in [-0.1, -0.05) is 18.2 Å². The number of likely N-dealkylation sites (tertiary alicyclic amines) is 1. The molecule has 1 saturated heterocycles. The van der Waals surface area contributed by atoms with Gasteiger partial charge in [-0.3, -0.25) is 9.69 Å². The zero-order valence-electron chi connectivity index (χ0n) is 15.9. The maximum Gasteiger partial charge on any atom is 0.339 e. The number of cyclic esters (lactones) is 1. The first-order chi connectivity index (χ1) is 14.0. The van der Waals surface area contributed by atoms with E-state index in [1.807, 2.05) is 6.07 Å². The van der Waals surface area contributed by atoms with Gasteiger partial charge in [-0.15, -0.1) is 0 Å². The number of amides is 1. The van der Waals surface area contributed by atoms with Crippen LogP contribution in [0.1, 0.15) is 40.4 Å². The lowest BCUT2D eigenvalue weighted by molar-refractivity contribution is -0.130. The summed E-state index contributed by atoms with van der Waals surface area (Å²) < 4.78 is 19.3. The Bertz CT molecular complexity index is 927. The van der Waals surface area contributed by atoms with Crippen molar-refractivity contribution in [2.75, 3.05) is 19.6 Å². The highest BCUT2D eigenvalue weighted by Crippen LogP contribution is 2.27. The highest BCUT2D eigenvalue weighted by molar-refractivity contribution is 5.95. The number of phenolic OH excluding ortho intramolecular Hbond substituents is 1. The molecule has 2 N–H and O–H groups in total. The predicted molar refractivity (Wildman–Crippen MR) is 104 cm³/mol. The van der Waals surface area contributed by atoms with Crippen LogP contribution in [-0.2, 0) is 16.0 Å². The van der Waals surface area contributed by atoms with Gasteiger partial charge in [-0.25, -0.2) is 9.18 Å². The molecule has 1 fully saturated rings. The summed E-state index contributed by atoms with van der Waals surface area (Å²) in [5.41, 5.74) is 1.29. The van der Waals surface area contributed by atoms with E-state index in [4.69, 9.17) is 4.74 Å². The number of nitrogens with zero attached hydrogens (tertiary/aromatic N) is 1. The van der Waals surface area contributed by atoms with E-state index in [1.165, 1.54) is 18.2 Å². The molecule has 0 radical (unpaired) electrons. The Balaban J connectivity index is 1.47. The minimum Gasteiger partial charge on any atom is -0.508 e. The van der Waals surface area contributed by atoms with Gasteiger partial charge in [0.25, 0.3) is 5.91 Å². The second kappa shape index (κ2) is 8.21. The second-order valence-electron chi connectivity index (χ2n) is 7.46. The summed E-state index contributed by atoms with van der Waals surface area (Å²) in [5.74, 6) is -1.47. The minimum atomic E-state index is -1.06. The molecule has 4 rings (SSSR count). The van der Waals surface area contributed by atoms with Gasteiger partial charge in [0.1, 0.15) is 11.6 Å². The van der Waals surface area contributed by atoms with Crippen molar-refractivity contribution in [2.45, 2.75) is 31.4 Å². The van der Waals surface area contributed by atoms with Crippen molar-refractivity contribution in [2.24, 2.45) is 0 Å². The predicted octanol–water partition coefficient (Wildman–Crippen LogP) is 2.57. The van der Waals surface area contributed by atoms with Crippen molar-refractivity contribution in [1.29, 1.82) is 0 Å². The number of phenols is 1. The summed E-state index contributed by atoms with van der Waals surface area (Å²) in [6.45, 7) is 2.13. The molecular formula is C22H23FN2O4. The van der Waals surface area contributed by atoms with Crippen LogP contribution in [0.25, 0.3) is 0 Å².